The van der Waals surface area contributed by atoms with E-state index >= 15 is 0 Å². The second-order valence-electron chi connectivity index (χ2n) is 5.13. The summed E-state index contributed by atoms with van der Waals surface area (Å²) in [4.78, 5) is 35.6. The third kappa shape index (κ3) is 11.5. The van der Waals surface area contributed by atoms with Gasteiger partial charge < -0.3 is 24.4 Å². The van der Waals surface area contributed by atoms with E-state index < -0.39 is 0 Å². The van der Waals surface area contributed by atoms with Gasteiger partial charge in [-0.2, -0.15) is 0 Å². The van der Waals surface area contributed by atoms with Crippen LogP contribution in [0.15, 0.2) is 0 Å². The van der Waals surface area contributed by atoms with E-state index in [9.17, 15) is 14.4 Å². The first-order valence-corrected chi connectivity index (χ1v) is 7.59. The molecule has 0 bridgehead atoms. The Bertz CT molecular complexity index is 355. The topological polar surface area (TPSA) is 94.2 Å². The van der Waals surface area contributed by atoms with E-state index in [1.807, 2.05) is 11.8 Å². The lowest BCUT2D eigenvalue weighted by Crippen LogP contribution is -2.41. The fourth-order valence-electron chi connectivity index (χ4n) is 1.97. The predicted molar refractivity (Wildman–Crippen MR) is 83.8 cm³/mol. The third-order valence-electron chi connectivity index (χ3n) is 3.30. The van der Waals surface area contributed by atoms with Gasteiger partial charge in [0, 0.05) is 32.2 Å². The molecule has 0 saturated heterocycles. The summed E-state index contributed by atoms with van der Waals surface area (Å²) in [5.74, 6) is -0.850. The Hall–Kier alpha value is -1.67. The van der Waals surface area contributed by atoms with Crippen molar-refractivity contribution in [2.75, 3.05) is 47.5 Å². The van der Waals surface area contributed by atoms with Crippen LogP contribution in [0.2, 0.25) is 0 Å². The highest BCUT2D eigenvalue weighted by molar-refractivity contribution is 5.70. The predicted octanol–water partition coefficient (Wildman–Crippen LogP) is -0.0442. The van der Waals surface area contributed by atoms with Gasteiger partial charge in [0.25, 0.3) is 0 Å². The van der Waals surface area contributed by atoms with Gasteiger partial charge in [0.2, 0.25) is 0 Å². The van der Waals surface area contributed by atoms with Gasteiger partial charge in [-0.05, 0) is 6.92 Å². The maximum atomic E-state index is 11.3. The minimum Gasteiger partial charge on any atom is -0.469 e. The van der Waals surface area contributed by atoms with Gasteiger partial charge in [-0.15, -0.1) is 0 Å². The molecule has 0 aliphatic rings. The summed E-state index contributed by atoms with van der Waals surface area (Å²) in [7, 11) is 4.04. The number of methoxy groups -OCH3 is 3. The van der Waals surface area contributed by atoms with E-state index in [4.69, 9.17) is 0 Å². The van der Waals surface area contributed by atoms with Crippen molar-refractivity contribution in [3.8, 4) is 0 Å². The molecule has 0 aliphatic heterocycles. The van der Waals surface area contributed by atoms with Crippen molar-refractivity contribution in [1.29, 1.82) is 0 Å². The molecule has 0 spiro atoms. The fraction of sp³-hybridized carbons (Fsp3) is 0.800. The molecular formula is C15H28N2O6. The number of esters is 3. The standard InChI is InChI=1S/C15H28N2O6/c1-12(16-8-5-13(18)21-2)11-17(9-6-14(19)22-3)10-7-15(20)23-4/h12,16H,5-11H2,1-4H3. The van der Waals surface area contributed by atoms with Crippen LogP contribution in [0.5, 0.6) is 0 Å². The first-order valence-electron chi connectivity index (χ1n) is 7.59. The molecule has 0 aromatic heterocycles. The molecule has 0 aromatic rings. The second-order valence-corrected chi connectivity index (χ2v) is 5.13. The molecule has 0 amide bonds. The number of carbonyl (C=O) groups is 3. The molecular weight excluding hydrogens is 304 g/mol. The number of nitrogens with one attached hydrogen (secondary N) is 1. The Morgan fingerprint density at radius 3 is 1.74 bits per heavy atom. The molecule has 0 aromatic carbocycles. The van der Waals surface area contributed by atoms with Crippen LogP contribution in [-0.4, -0.2) is 76.4 Å². The van der Waals surface area contributed by atoms with Crippen LogP contribution in [0.25, 0.3) is 0 Å². The van der Waals surface area contributed by atoms with Gasteiger partial charge >= 0.3 is 17.9 Å². The summed E-state index contributed by atoms with van der Waals surface area (Å²) in [5, 5.41) is 3.21. The van der Waals surface area contributed by atoms with E-state index in [1.165, 1.54) is 21.3 Å². The third-order valence-corrected chi connectivity index (χ3v) is 3.30. The summed E-state index contributed by atoms with van der Waals surface area (Å²) >= 11 is 0. The van der Waals surface area contributed by atoms with Crippen molar-refractivity contribution in [3.63, 3.8) is 0 Å². The Labute approximate surface area is 137 Å². The van der Waals surface area contributed by atoms with Crippen molar-refractivity contribution in [3.05, 3.63) is 0 Å². The number of ether oxygens (including phenoxy) is 3. The molecule has 8 heteroatoms. The Morgan fingerprint density at radius 1 is 0.870 bits per heavy atom. The van der Waals surface area contributed by atoms with Crippen LogP contribution in [0.4, 0.5) is 0 Å². The van der Waals surface area contributed by atoms with Crippen molar-refractivity contribution in [2.24, 2.45) is 0 Å². The molecule has 0 aliphatic carbocycles. The molecule has 0 rings (SSSR count). The first-order chi connectivity index (χ1) is 10.9. The SMILES string of the molecule is COC(=O)CCNC(C)CN(CCC(=O)OC)CCC(=O)OC. The molecule has 8 nitrogen and oxygen atoms in total. The summed E-state index contributed by atoms with van der Waals surface area (Å²) < 4.78 is 13.8. The van der Waals surface area contributed by atoms with Gasteiger partial charge in [0.05, 0.1) is 40.6 Å². The highest BCUT2D eigenvalue weighted by Crippen LogP contribution is 2.00. The zero-order chi connectivity index (χ0) is 17.7. The molecule has 23 heavy (non-hydrogen) atoms. The van der Waals surface area contributed by atoms with Crippen molar-refractivity contribution in [2.45, 2.75) is 32.2 Å². The Morgan fingerprint density at radius 2 is 1.30 bits per heavy atom. The van der Waals surface area contributed by atoms with Crippen molar-refractivity contribution < 1.29 is 28.6 Å². The molecule has 1 unspecified atom stereocenters. The quantitative estimate of drug-likeness (QED) is 0.393. The minimum atomic E-state index is -0.292. The van der Waals surface area contributed by atoms with E-state index in [2.05, 4.69) is 19.5 Å². The van der Waals surface area contributed by atoms with Crippen LogP contribution in [-0.2, 0) is 28.6 Å². The molecule has 134 valence electrons. The summed E-state index contributed by atoms with van der Waals surface area (Å²) in [5.41, 5.74) is 0. The van der Waals surface area contributed by atoms with Gasteiger partial charge in [0.1, 0.15) is 0 Å². The maximum Gasteiger partial charge on any atom is 0.306 e. The van der Waals surface area contributed by atoms with E-state index in [-0.39, 0.29) is 36.8 Å². The fourth-order valence-corrected chi connectivity index (χ4v) is 1.97. The minimum absolute atomic E-state index is 0.0925. The molecule has 0 radical (unpaired) electrons. The van der Waals surface area contributed by atoms with Crippen LogP contribution in [0.3, 0.4) is 0 Å². The molecule has 1 atom stereocenters. The Kier molecular flexibility index (Phi) is 11.9. The summed E-state index contributed by atoms with van der Waals surface area (Å²) in [6, 6.07) is 0.0925. The highest BCUT2D eigenvalue weighted by atomic mass is 16.5. The van der Waals surface area contributed by atoms with Gasteiger partial charge in [0.15, 0.2) is 0 Å². The normalized spacial score (nSPS) is 11.9. The molecule has 0 saturated carbocycles. The van der Waals surface area contributed by atoms with E-state index in [0.717, 1.165) is 0 Å². The van der Waals surface area contributed by atoms with Crippen molar-refractivity contribution >= 4 is 17.9 Å². The smallest absolute Gasteiger partial charge is 0.306 e. The number of carbonyl (C=O) groups excluding carboxylic acids is 3. The Balaban J connectivity index is 4.27. The second kappa shape index (κ2) is 12.8. The van der Waals surface area contributed by atoms with Crippen LogP contribution >= 0.6 is 0 Å². The zero-order valence-electron chi connectivity index (χ0n) is 14.4. The van der Waals surface area contributed by atoms with Crippen LogP contribution in [0, 0.1) is 0 Å². The van der Waals surface area contributed by atoms with Crippen LogP contribution < -0.4 is 5.32 Å². The zero-order valence-corrected chi connectivity index (χ0v) is 14.4. The average molecular weight is 332 g/mol. The van der Waals surface area contributed by atoms with Gasteiger partial charge in [-0.25, -0.2) is 0 Å². The lowest BCUT2D eigenvalue weighted by molar-refractivity contribution is -0.142. The van der Waals surface area contributed by atoms with E-state index in [1.54, 1.807) is 0 Å². The average Bonchev–Trinajstić information content (AvgIpc) is 2.56. The molecule has 1 N–H and O–H groups in total. The number of rotatable bonds is 12. The lowest BCUT2D eigenvalue weighted by Gasteiger charge is -2.25. The van der Waals surface area contributed by atoms with Gasteiger partial charge in [-0.3, -0.25) is 14.4 Å². The van der Waals surface area contributed by atoms with Gasteiger partial charge in [-0.1, -0.05) is 0 Å². The number of nitrogens with zero attached hydrogens (tertiary/aromatic N) is 1. The highest BCUT2D eigenvalue weighted by Gasteiger charge is 2.14. The molecule has 0 heterocycles. The largest absolute Gasteiger partial charge is 0.469 e. The summed E-state index contributed by atoms with van der Waals surface area (Å²) in [6.45, 7) is 4.10. The number of hydrogen-bond donors (Lipinski definition) is 1. The maximum absolute atomic E-state index is 11.3. The number of hydrogen-bond acceptors (Lipinski definition) is 8. The summed E-state index contributed by atoms with van der Waals surface area (Å²) in [6.07, 6.45) is 0.810. The monoisotopic (exact) mass is 332 g/mol. The first kappa shape index (κ1) is 21.3. The molecule has 0 fully saturated rings. The van der Waals surface area contributed by atoms with Crippen molar-refractivity contribution in [1.82, 2.24) is 10.2 Å². The van der Waals surface area contributed by atoms with Crippen LogP contribution in [0.1, 0.15) is 26.2 Å². The van der Waals surface area contributed by atoms with E-state index in [0.29, 0.717) is 32.6 Å². The lowest BCUT2D eigenvalue weighted by atomic mass is 10.2.